The number of carbonyl (C=O) groups is 2. The molecule has 0 saturated heterocycles. The SMILES string of the molecule is CC(=O)Nc1cccc([C@H](C)N(CC(=O)NCCC#N)Cc2ccccc2)c1. The summed E-state index contributed by atoms with van der Waals surface area (Å²) in [6, 6.07) is 19.6. The van der Waals surface area contributed by atoms with E-state index in [1.165, 1.54) is 6.92 Å². The first-order valence-electron chi connectivity index (χ1n) is 9.28. The highest BCUT2D eigenvalue weighted by Crippen LogP contribution is 2.24. The van der Waals surface area contributed by atoms with Gasteiger partial charge in [-0.1, -0.05) is 42.5 Å². The fraction of sp³-hybridized carbons (Fsp3) is 0.318. The van der Waals surface area contributed by atoms with Crippen molar-refractivity contribution in [1.29, 1.82) is 5.26 Å². The largest absolute Gasteiger partial charge is 0.354 e. The van der Waals surface area contributed by atoms with Crippen LogP contribution in [-0.2, 0) is 16.1 Å². The van der Waals surface area contributed by atoms with Gasteiger partial charge in [-0.05, 0) is 30.2 Å². The number of hydrogen-bond acceptors (Lipinski definition) is 4. The van der Waals surface area contributed by atoms with Gasteiger partial charge in [-0.3, -0.25) is 14.5 Å². The number of benzene rings is 2. The van der Waals surface area contributed by atoms with Crippen molar-refractivity contribution in [3.05, 3.63) is 65.7 Å². The number of nitrogens with one attached hydrogen (secondary N) is 2. The summed E-state index contributed by atoms with van der Waals surface area (Å²) in [5.41, 5.74) is 2.85. The molecule has 0 aliphatic rings. The molecule has 0 aliphatic heterocycles. The molecular weight excluding hydrogens is 352 g/mol. The molecule has 2 amide bonds. The highest BCUT2D eigenvalue weighted by Gasteiger charge is 2.19. The second-order valence-electron chi connectivity index (χ2n) is 6.63. The Bertz CT molecular complexity index is 830. The minimum atomic E-state index is -0.122. The molecule has 0 fully saturated rings. The Morgan fingerprint density at radius 3 is 2.57 bits per heavy atom. The summed E-state index contributed by atoms with van der Waals surface area (Å²) in [4.78, 5) is 25.8. The number of anilines is 1. The monoisotopic (exact) mass is 378 g/mol. The van der Waals surface area contributed by atoms with Gasteiger partial charge in [0.15, 0.2) is 0 Å². The van der Waals surface area contributed by atoms with E-state index in [2.05, 4.69) is 15.5 Å². The van der Waals surface area contributed by atoms with Crippen LogP contribution in [0.15, 0.2) is 54.6 Å². The zero-order valence-electron chi connectivity index (χ0n) is 16.3. The molecule has 0 saturated carbocycles. The number of hydrogen-bond donors (Lipinski definition) is 2. The van der Waals surface area contributed by atoms with Gasteiger partial charge >= 0.3 is 0 Å². The van der Waals surface area contributed by atoms with E-state index in [-0.39, 0.29) is 24.4 Å². The Morgan fingerprint density at radius 1 is 1.14 bits per heavy atom. The van der Waals surface area contributed by atoms with E-state index in [9.17, 15) is 9.59 Å². The average Bonchev–Trinajstić information content (AvgIpc) is 2.67. The van der Waals surface area contributed by atoms with Crippen LogP contribution in [0.1, 0.15) is 37.4 Å². The molecule has 28 heavy (non-hydrogen) atoms. The van der Waals surface area contributed by atoms with Crippen molar-refractivity contribution in [2.24, 2.45) is 0 Å². The molecule has 0 spiro atoms. The molecular formula is C22H26N4O2. The van der Waals surface area contributed by atoms with Crippen LogP contribution < -0.4 is 10.6 Å². The standard InChI is InChI=1S/C22H26N4O2/c1-17(20-10-6-11-21(14-20)25-18(2)27)26(15-19-8-4-3-5-9-19)16-22(28)24-13-7-12-23/h3-6,8-11,14,17H,7,13,15-16H2,1-2H3,(H,24,28)(H,25,27)/t17-/m0/s1. The highest BCUT2D eigenvalue weighted by molar-refractivity contribution is 5.88. The summed E-state index contributed by atoms with van der Waals surface area (Å²) in [7, 11) is 0. The van der Waals surface area contributed by atoms with E-state index in [0.29, 0.717) is 19.5 Å². The maximum Gasteiger partial charge on any atom is 0.234 e. The average molecular weight is 378 g/mol. The smallest absolute Gasteiger partial charge is 0.234 e. The maximum atomic E-state index is 12.3. The number of nitrogens with zero attached hydrogens (tertiary/aromatic N) is 2. The molecule has 6 heteroatoms. The van der Waals surface area contributed by atoms with Crippen molar-refractivity contribution in [2.45, 2.75) is 32.9 Å². The minimum Gasteiger partial charge on any atom is -0.354 e. The van der Waals surface area contributed by atoms with Gasteiger partial charge in [-0.2, -0.15) is 5.26 Å². The fourth-order valence-electron chi connectivity index (χ4n) is 2.94. The Hall–Kier alpha value is -3.17. The topological polar surface area (TPSA) is 85.2 Å². The van der Waals surface area contributed by atoms with Gasteiger partial charge in [0.1, 0.15) is 0 Å². The van der Waals surface area contributed by atoms with Gasteiger partial charge in [0.25, 0.3) is 0 Å². The van der Waals surface area contributed by atoms with Crippen molar-refractivity contribution >= 4 is 17.5 Å². The molecule has 146 valence electrons. The van der Waals surface area contributed by atoms with Gasteiger partial charge in [0, 0.05) is 31.7 Å². The first-order chi connectivity index (χ1) is 13.5. The number of carbonyl (C=O) groups excluding carboxylic acids is 2. The van der Waals surface area contributed by atoms with Crippen LogP contribution in [0.3, 0.4) is 0 Å². The number of nitriles is 1. The Kier molecular flexibility index (Phi) is 8.19. The van der Waals surface area contributed by atoms with E-state index < -0.39 is 0 Å². The van der Waals surface area contributed by atoms with Crippen LogP contribution in [0.25, 0.3) is 0 Å². The third-order valence-corrected chi connectivity index (χ3v) is 4.37. The Labute approximate surface area is 166 Å². The van der Waals surface area contributed by atoms with Gasteiger partial charge in [0.2, 0.25) is 11.8 Å². The molecule has 0 radical (unpaired) electrons. The first kappa shape index (κ1) is 21.1. The quantitative estimate of drug-likeness (QED) is 0.656. The van der Waals surface area contributed by atoms with Crippen LogP contribution in [0.4, 0.5) is 5.69 Å². The van der Waals surface area contributed by atoms with Crippen LogP contribution in [0.5, 0.6) is 0 Å². The van der Waals surface area contributed by atoms with Crippen molar-refractivity contribution in [2.75, 3.05) is 18.4 Å². The molecule has 2 rings (SSSR count). The third-order valence-electron chi connectivity index (χ3n) is 4.37. The van der Waals surface area contributed by atoms with Crippen molar-refractivity contribution in [3.63, 3.8) is 0 Å². The summed E-state index contributed by atoms with van der Waals surface area (Å²) < 4.78 is 0. The highest BCUT2D eigenvalue weighted by atomic mass is 16.2. The summed E-state index contributed by atoms with van der Waals surface area (Å²) in [6.07, 6.45) is 0.290. The third kappa shape index (κ3) is 6.86. The summed E-state index contributed by atoms with van der Waals surface area (Å²) in [5, 5.41) is 14.2. The zero-order valence-corrected chi connectivity index (χ0v) is 16.3. The van der Waals surface area contributed by atoms with E-state index >= 15 is 0 Å². The van der Waals surface area contributed by atoms with Crippen LogP contribution in [-0.4, -0.2) is 29.8 Å². The molecule has 2 N–H and O–H groups in total. The van der Waals surface area contributed by atoms with Gasteiger partial charge in [-0.25, -0.2) is 0 Å². The van der Waals surface area contributed by atoms with Crippen LogP contribution in [0.2, 0.25) is 0 Å². The predicted molar refractivity (Wildman–Crippen MR) is 109 cm³/mol. The van der Waals surface area contributed by atoms with E-state index in [1.807, 2.05) is 67.6 Å². The molecule has 2 aromatic carbocycles. The molecule has 0 unspecified atom stereocenters. The van der Waals surface area contributed by atoms with Crippen molar-refractivity contribution in [1.82, 2.24) is 10.2 Å². The normalized spacial score (nSPS) is 11.5. The summed E-state index contributed by atoms with van der Waals surface area (Å²) in [6.45, 7) is 4.69. The lowest BCUT2D eigenvalue weighted by atomic mass is 10.0. The molecule has 2 aromatic rings. The number of amides is 2. The Morgan fingerprint density at radius 2 is 1.89 bits per heavy atom. The minimum absolute atomic E-state index is 0.0457. The molecule has 0 aliphatic carbocycles. The Balaban J connectivity index is 2.18. The maximum absolute atomic E-state index is 12.3. The lowest BCUT2D eigenvalue weighted by molar-refractivity contribution is -0.123. The first-order valence-corrected chi connectivity index (χ1v) is 9.28. The second-order valence-corrected chi connectivity index (χ2v) is 6.63. The van der Waals surface area contributed by atoms with Crippen LogP contribution >= 0.6 is 0 Å². The lowest BCUT2D eigenvalue weighted by Crippen LogP contribution is -2.38. The lowest BCUT2D eigenvalue weighted by Gasteiger charge is -2.29. The van der Waals surface area contributed by atoms with E-state index in [0.717, 1.165) is 16.8 Å². The summed E-state index contributed by atoms with van der Waals surface area (Å²) >= 11 is 0. The molecule has 1 atom stereocenters. The summed E-state index contributed by atoms with van der Waals surface area (Å²) in [5.74, 6) is -0.237. The van der Waals surface area contributed by atoms with E-state index in [4.69, 9.17) is 5.26 Å². The second kappa shape index (κ2) is 10.9. The fourth-order valence-corrected chi connectivity index (χ4v) is 2.94. The predicted octanol–water partition coefficient (Wildman–Crippen LogP) is 3.24. The molecule has 0 heterocycles. The molecule has 0 bridgehead atoms. The van der Waals surface area contributed by atoms with Crippen LogP contribution in [0, 0.1) is 11.3 Å². The zero-order chi connectivity index (χ0) is 20.4. The molecule has 6 nitrogen and oxygen atoms in total. The van der Waals surface area contributed by atoms with E-state index in [1.54, 1.807) is 0 Å². The van der Waals surface area contributed by atoms with Gasteiger partial charge < -0.3 is 10.6 Å². The number of rotatable bonds is 9. The van der Waals surface area contributed by atoms with Crippen molar-refractivity contribution < 1.29 is 9.59 Å². The van der Waals surface area contributed by atoms with Crippen molar-refractivity contribution in [3.8, 4) is 6.07 Å². The van der Waals surface area contributed by atoms with Gasteiger partial charge in [-0.15, -0.1) is 0 Å². The van der Waals surface area contributed by atoms with Gasteiger partial charge in [0.05, 0.1) is 19.0 Å². The molecule has 0 aromatic heterocycles.